The lowest BCUT2D eigenvalue weighted by Crippen LogP contribution is -2.43. The lowest BCUT2D eigenvalue weighted by molar-refractivity contribution is -0.117. The van der Waals surface area contributed by atoms with Crippen LogP contribution >= 0.6 is 7.82 Å². The molecule has 0 spiro atoms. The number of rotatable bonds is 5. The largest absolute Gasteiger partial charge is 0.469 e. The van der Waals surface area contributed by atoms with Crippen LogP contribution in [0, 0.1) is 0 Å². The van der Waals surface area contributed by atoms with Gasteiger partial charge in [0, 0.05) is 6.00 Å². The molecule has 0 aromatic carbocycles. The van der Waals surface area contributed by atoms with Gasteiger partial charge < -0.3 is 19.3 Å². The monoisotopic (exact) mass is 264 g/mol. The van der Waals surface area contributed by atoms with Gasteiger partial charge in [-0.1, -0.05) is 0 Å². The van der Waals surface area contributed by atoms with Gasteiger partial charge in [-0.05, 0) is 27.2 Å². The van der Waals surface area contributed by atoms with E-state index in [9.17, 15) is 4.57 Å². The van der Waals surface area contributed by atoms with Crippen LogP contribution in [0.1, 0.15) is 27.2 Å². The molecule has 1 saturated heterocycles. The van der Waals surface area contributed by atoms with Crippen molar-refractivity contribution in [2.45, 2.75) is 51.0 Å². The molecule has 0 saturated carbocycles. The van der Waals surface area contributed by atoms with E-state index >= 15 is 0 Å². The summed E-state index contributed by atoms with van der Waals surface area (Å²) in [6.45, 7) is 5.15. The predicted octanol–water partition coefficient (Wildman–Crippen LogP) is 0.563. The number of ether oxygens (including phenoxy) is 2. The number of phosphoric acid groups is 1. The Morgan fingerprint density at radius 1 is 1.59 bits per heavy atom. The van der Waals surface area contributed by atoms with E-state index in [4.69, 9.17) is 27.1 Å². The zero-order chi connectivity index (χ0) is 13.3. The summed E-state index contributed by atoms with van der Waals surface area (Å²) in [5, 5.41) is 0. The fraction of sp³-hybridized carbons (Fsp3) is 1.00. The normalized spacial score (nSPS) is 34.5. The maximum Gasteiger partial charge on any atom is 0.469 e. The van der Waals surface area contributed by atoms with Crippen LogP contribution in [0.4, 0.5) is 0 Å². The standard InChI is InChI=1S/C9H18BO6P/c1-6(2)15-7-4-8(10)16-9(7,3)5-14-17(11,12)13/h6-8H,4-5H2,1-3H3,(H2,11,12,13)/t7?,8-,9?/m1/s1. The van der Waals surface area contributed by atoms with Gasteiger partial charge >= 0.3 is 7.82 Å². The van der Waals surface area contributed by atoms with Crippen LogP contribution in [-0.2, 0) is 18.6 Å². The summed E-state index contributed by atoms with van der Waals surface area (Å²) < 4.78 is 26.2. The molecule has 0 aromatic rings. The molecule has 1 fully saturated rings. The fourth-order valence-corrected chi connectivity index (χ4v) is 2.22. The van der Waals surface area contributed by atoms with Gasteiger partial charge in [0.1, 0.15) is 13.4 Å². The highest BCUT2D eigenvalue weighted by Crippen LogP contribution is 2.40. The fourth-order valence-electron chi connectivity index (χ4n) is 1.80. The molecular weight excluding hydrogens is 246 g/mol. The first-order chi connectivity index (χ1) is 7.62. The van der Waals surface area contributed by atoms with E-state index < -0.39 is 19.4 Å². The summed E-state index contributed by atoms with van der Waals surface area (Å²) in [7, 11) is 1.15. The van der Waals surface area contributed by atoms with Gasteiger partial charge in [-0.3, -0.25) is 4.52 Å². The Labute approximate surface area is 102 Å². The number of hydrogen-bond acceptors (Lipinski definition) is 4. The Bertz CT molecular complexity index is 306. The Hall–Kier alpha value is 0.0949. The van der Waals surface area contributed by atoms with Crippen molar-refractivity contribution in [3.63, 3.8) is 0 Å². The first-order valence-corrected chi connectivity index (χ1v) is 6.94. The van der Waals surface area contributed by atoms with Crippen molar-refractivity contribution in [2.75, 3.05) is 6.61 Å². The van der Waals surface area contributed by atoms with Gasteiger partial charge in [-0.25, -0.2) is 4.57 Å². The van der Waals surface area contributed by atoms with E-state index in [1.807, 2.05) is 13.8 Å². The molecule has 1 heterocycles. The molecule has 17 heavy (non-hydrogen) atoms. The zero-order valence-corrected chi connectivity index (χ0v) is 11.1. The molecule has 3 atom stereocenters. The van der Waals surface area contributed by atoms with Crippen molar-refractivity contribution in [1.29, 1.82) is 0 Å². The van der Waals surface area contributed by atoms with Crippen molar-refractivity contribution < 1.29 is 28.3 Å². The van der Waals surface area contributed by atoms with Gasteiger partial charge in [-0.2, -0.15) is 0 Å². The molecule has 1 aliphatic rings. The van der Waals surface area contributed by atoms with Gasteiger partial charge in [-0.15, -0.1) is 0 Å². The third kappa shape index (κ3) is 4.70. The highest BCUT2D eigenvalue weighted by molar-refractivity contribution is 7.46. The zero-order valence-electron chi connectivity index (χ0n) is 10.2. The molecule has 2 N–H and O–H groups in total. The second kappa shape index (κ2) is 5.39. The minimum absolute atomic E-state index is 0.0247. The quantitative estimate of drug-likeness (QED) is 0.557. The minimum Gasteiger partial charge on any atom is -0.377 e. The van der Waals surface area contributed by atoms with E-state index in [0.717, 1.165) is 0 Å². The van der Waals surface area contributed by atoms with Crippen LogP contribution in [0.3, 0.4) is 0 Å². The van der Waals surface area contributed by atoms with Crippen LogP contribution in [0.15, 0.2) is 0 Å². The molecule has 0 aromatic heterocycles. The Morgan fingerprint density at radius 2 is 2.18 bits per heavy atom. The van der Waals surface area contributed by atoms with Crippen molar-refractivity contribution in [1.82, 2.24) is 0 Å². The average molecular weight is 264 g/mol. The summed E-state index contributed by atoms with van der Waals surface area (Å²) in [6.07, 6.45) is 0.103. The summed E-state index contributed by atoms with van der Waals surface area (Å²) in [5.41, 5.74) is -0.940. The molecule has 2 radical (unpaired) electrons. The van der Waals surface area contributed by atoms with E-state index in [2.05, 4.69) is 4.52 Å². The molecular formula is C9H18BO6P. The third-order valence-electron chi connectivity index (χ3n) is 2.50. The van der Waals surface area contributed by atoms with Gasteiger partial charge in [0.05, 0.1) is 18.8 Å². The summed E-state index contributed by atoms with van der Waals surface area (Å²) in [5.74, 6) is 0. The Balaban J connectivity index is 2.66. The molecule has 6 nitrogen and oxygen atoms in total. The molecule has 1 rings (SSSR count). The Kier molecular flexibility index (Phi) is 4.80. The lowest BCUT2D eigenvalue weighted by atomic mass is 9.93. The molecule has 8 heteroatoms. The summed E-state index contributed by atoms with van der Waals surface area (Å²) in [6, 6.07) is -0.510. The second-order valence-electron chi connectivity index (χ2n) is 4.64. The molecule has 1 aliphatic heterocycles. The maximum absolute atomic E-state index is 10.7. The van der Waals surface area contributed by atoms with E-state index in [1.165, 1.54) is 0 Å². The molecule has 0 aliphatic carbocycles. The van der Waals surface area contributed by atoms with Crippen LogP contribution in [-0.4, -0.2) is 48.1 Å². The predicted molar refractivity (Wildman–Crippen MR) is 61.7 cm³/mol. The van der Waals surface area contributed by atoms with E-state index in [0.29, 0.717) is 6.42 Å². The van der Waals surface area contributed by atoms with Crippen molar-refractivity contribution >= 4 is 15.7 Å². The highest BCUT2D eigenvalue weighted by atomic mass is 31.2. The van der Waals surface area contributed by atoms with Crippen molar-refractivity contribution in [3.8, 4) is 0 Å². The minimum atomic E-state index is -4.52. The topological polar surface area (TPSA) is 85.2 Å². The molecule has 98 valence electrons. The SMILES string of the molecule is [B][C@H]1CC(OC(C)C)C(C)(COP(=O)(O)O)O1. The van der Waals surface area contributed by atoms with Gasteiger partial charge in [0.25, 0.3) is 0 Å². The van der Waals surface area contributed by atoms with Crippen LogP contribution in [0.5, 0.6) is 0 Å². The van der Waals surface area contributed by atoms with Crippen LogP contribution < -0.4 is 0 Å². The summed E-state index contributed by atoms with van der Waals surface area (Å²) in [4.78, 5) is 17.4. The first kappa shape index (κ1) is 15.2. The van der Waals surface area contributed by atoms with Crippen LogP contribution in [0.2, 0.25) is 0 Å². The molecule has 0 bridgehead atoms. The van der Waals surface area contributed by atoms with E-state index in [1.54, 1.807) is 6.92 Å². The van der Waals surface area contributed by atoms with Gasteiger partial charge in [0.15, 0.2) is 0 Å². The Morgan fingerprint density at radius 3 is 2.65 bits per heavy atom. The third-order valence-corrected chi connectivity index (χ3v) is 2.97. The first-order valence-electron chi connectivity index (χ1n) is 5.41. The lowest BCUT2D eigenvalue weighted by Gasteiger charge is -2.31. The smallest absolute Gasteiger partial charge is 0.377 e. The average Bonchev–Trinajstić information content (AvgIpc) is 2.37. The van der Waals surface area contributed by atoms with Crippen molar-refractivity contribution in [2.24, 2.45) is 0 Å². The van der Waals surface area contributed by atoms with E-state index in [-0.39, 0.29) is 18.8 Å². The molecule has 2 unspecified atom stereocenters. The second-order valence-corrected chi connectivity index (χ2v) is 5.88. The maximum atomic E-state index is 10.7. The van der Waals surface area contributed by atoms with Gasteiger partial charge in [0.2, 0.25) is 0 Å². The molecule has 0 amide bonds. The van der Waals surface area contributed by atoms with Crippen LogP contribution in [0.25, 0.3) is 0 Å². The highest BCUT2D eigenvalue weighted by Gasteiger charge is 2.46. The number of hydrogen-bond donors (Lipinski definition) is 2. The van der Waals surface area contributed by atoms with Crippen molar-refractivity contribution in [3.05, 3.63) is 0 Å². The summed E-state index contributed by atoms with van der Waals surface area (Å²) >= 11 is 0. The number of phosphoric ester groups is 1.